The van der Waals surface area contributed by atoms with Crippen molar-refractivity contribution in [3.63, 3.8) is 0 Å². The van der Waals surface area contributed by atoms with Crippen LogP contribution in [-0.4, -0.2) is 31.7 Å². The standard InChI is InChI=1S/C14H20N2O3/c1-2-19-14(18)16-11-10-15-13(17)9-8-12-6-4-3-5-7-12/h3-7H,2,8-11H2,1H3,(H,15,17)(H,16,18). The minimum absolute atomic E-state index is 0.0190. The molecule has 0 aliphatic heterocycles. The highest BCUT2D eigenvalue weighted by Crippen LogP contribution is 2.01. The van der Waals surface area contributed by atoms with Gasteiger partial charge in [0.1, 0.15) is 0 Å². The second-order valence-corrected chi connectivity index (χ2v) is 3.98. The molecule has 104 valence electrons. The number of alkyl carbamates (subject to hydrolysis) is 1. The second-order valence-electron chi connectivity index (χ2n) is 3.98. The monoisotopic (exact) mass is 264 g/mol. The van der Waals surface area contributed by atoms with Gasteiger partial charge in [0, 0.05) is 19.5 Å². The van der Waals surface area contributed by atoms with Gasteiger partial charge in [0.15, 0.2) is 0 Å². The predicted octanol–water partition coefficient (Wildman–Crippen LogP) is 1.48. The Morgan fingerprint density at radius 1 is 1.11 bits per heavy atom. The molecule has 0 saturated carbocycles. The fourth-order valence-electron chi connectivity index (χ4n) is 1.54. The van der Waals surface area contributed by atoms with Crippen molar-refractivity contribution in [1.82, 2.24) is 10.6 Å². The van der Waals surface area contributed by atoms with Gasteiger partial charge in [0.2, 0.25) is 5.91 Å². The van der Waals surface area contributed by atoms with Gasteiger partial charge in [-0.15, -0.1) is 0 Å². The number of aryl methyl sites for hydroxylation is 1. The minimum atomic E-state index is -0.457. The Morgan fingerprint density at radius 3 is 2.47 bits per heavy atom. The summed E-state index contributed by atoms with van der Waals surface area (Å²) in [6.45, 7) is 2.86. The van der Waals surface area contributed by atoms with E-state index in [1.165, 1.54) is 0 Å². The molecule has 0 aliphatic rings. The van der Waals surface area contributed by atoms with E-state index in [1.54, 1.807) is 6.92 Å². The Hall–Kier alpha value is -2.04. The van der Waals surface area contributed by atoms with Gasteiger partial charge in [-0.1, -0.05) is 30.3 Å². The van der Waals surface area contributed by atoms with E-state index >= 15 is 0 Å². The lowest BCUT2D eigenvalue weighted by molar-refractivity contribution is -0.121. The summed E-state index contributed by atoms with van der Waals surface area (Å²) in [6.07, 6.45) is 0.711. The molecule has 0 radical (unpaired) electrons. The van der Waals surface area contributed by atoms with Gasteiger partial charge >= 0.3 is 6.09 Å². The van der Waals surface area contributed by atoms with Crippen LogP contribution in [0.25, 0.3) is 0 Å². The Bertz CT molecular complexity index is 393. The summed E-state index contributed by atoms with van der Waals surface area (Å²) in [5.41, 5.74) is 1.14. The first-order valence-corrected chi connectivity index (χ1v) is 6.43. The number of hydrogen-bond donors (Lipinski definition) is 2. The Labute approximate surface area is 113 Å². The van der Waals surface area contributed by atoms with Crippen LogP contribution in [0.2, 0.25) is 0 Å². The maximum Gasteiger partial charge on any atom is 0.407 e. The van der Waals surface area contributed by atoms with E-state index in [-0.39, 0.29) is 5.91 Å². The van der Waals surface area contributed by atoms with Crippen LogP contribution in [0.3, 0.4) is 0 Å². The number of carbonyl (C=O) groups excluding carboxylic acids is 2. The third-order valence-corrected chi connectivity index (χ3v) is 2.48. The van der Waals surface area contributed by atoms with E-state index in [2.05, 4.69) is 10.6 Å². The first-order valence-electron chi connectivity index (χ1n) is 6.43. The van der Waals surface area contributed by atoms with Crippen molar-refractivity contribution in [3.8, 4) is 0 Å². The first kappa shape index (κ1) is 15.0. The lowest BCUT2D eigenvalue weighted by Crippen LogP contribution is -2.35. The van der Waals surface area contributed by atoms with Crippen molar-refractivity contribution in [1.29, 1.82) is 0 Å². The summed E-state index contributed by atoms with van der Waals surface area (Å²) >= 11 is 0. The minimum Gasteiger partial charge on any atom is -0.450 e. The van der Waals surface area contributed by atoms with Gasteiger partial charge in [-0.2, -0.15) is 0 Å². The number of ether oxygens (including phenoxy) is 1. The van der Waals surface area contributed by atoms with Crippen molar-refractivity contribution in [2.24, 2.45) is 0 Å². The van der Waals surface area contributed by atoms with Crippen molar-refractivity contribution < 1.29 is 14.3 Å². The summed E-state index contributed by atoms with van der Waals surface area (Å²) in [7, 11) is 0. The van der Waals surface area contributed by atoms with Gasteiger partial charge in [0.25, 0.3) is 0 Å². The molecule has 0 heterocycles. The van der Waals surface area contributed by atoms with Crippen LogP contribution in [0.4, 0.5) is 4.79 Å². The van der Waals surface area contributed by atoms with Crippen LogP contribution in [0.1, 0.15) is 18.9 Å². The molecule has 0 fully saturated rings. The van der Waals surface area contributed by atoms with Crippen LogP contribution in [0.5, 0.6) is 0 Å². The lowest BCUT2D eigenvalue weighted by atomic mass is 10.1. The van der Waals surface area contributed by atoms with Crippen LogP contribution >= 0.6 is 0 Å². The third kappa shape index (κ3) is 7.08. The number of benzene rings is 1. The fourth-order valence-corrected chi connectivity index (χ4v) is 1.54. The quantitative estimate of drug-likeness (QED) is 0.733. The second kappa shape index (κ2) is 8.97. The highest BCUT2D eigenvalue weighted by Gasteiger charge is 2.02. The molecule has 0 spiro atoms. The predicted molar refractivity (Wildman–Crippen MR) is 72.8 cm³/mol. The SMILES string of the molecule is CCOC(=O)NCCNC(=O)CCc1ccccc1. The maximum atomic E-state index is 11.5. The molecule has 0 saturated heterocycles. The average Bonchev–Trinajstić information content (AvgIpc) is 2.43. The topological polar surface area (TPSA) is 67.4 Å². The molecule has 0 bridgehead atoms. The molecule has 0 atom stereocenters. The van der Waals surface area contributed by atoms with E-state index < -0.39 is 6.09 Å². The molecule has 19 heavy (non-hydrogen) atoms. The van der Waals surface area contributed by atoms with Gasteiger partial charge in [-0.05, 0) is 18.9 Å². The zero-order valence-electron chi connectivity index (χ0n) is 11.1. The molecule has 5 nitrogen and oxygen atoms in total. The molecule has 0 unspecified atom stereocenters. The van der Waals surface area contributed by atoms with E-state index in [0.717, 1.165) is 12.0 Å². The molecular formula is C14H20N2O3. The number of rotatable bonds is 7. The smallest absolute Gasteiger partial charge is 0.407 e. The highest BCUT2D eigenvalue weighted by molar-refractivity contribution is 5.76. The molecular weight excluding hydrogens is 244 g/mol. The van der Waals surface area contributed by atoms with Crippen molar-refractivity contribution >= 4 is 12.0 Å². The molecule has 2 amide bonds. The average molecular weight is 264 g/mol. The normalized spacial score (nSPS) is 9.74. The summed E-state index contributed by atoms with van der Waals surface area (Å²) in [6, 6.07) is 9.85. The van der Waals surface area contributed by atoms with Crippen LogP contribution in [0.15, 0.2) is 30.3 Å². The number of carbonyl (C=O) groups is 2. The first-order chi connectivity index (χ1) is 9.22. The summed E-state index contributed by atoms with van der Waals surface area (Å²) in [5, 5.41) is 5.28. The number of hydrogen-bond acceptors (Lipinski definition) is 3. The number of nitrogens with one attached hydrogen (secondary N) is 2. The van der Waals surface area contributed by atoms with E-state index in [4.69, 9.17) is 4.74 Å². The molecule has 5 heteroatoms. The van der Waals surface area contributed by atoms with Crippen LogP contribution in [-0.2, 0) is 16.0 Å². The molecule has 0 aromatic heterocycles. The van der Waals surface area contributed by atoms with E-state index in [0.29, 0.717) is 26.1 Å². The fraction of sp³-hybridized carbons (Fsp3) is 0.429. The van der Waals surface area contributed by atoms with Crippen LogP contribution in [0, 0.1) is 0 Å². The maximum absolute atomic E-state index is 11.5. The van der Waals surface area contributed by atoms with Crippen LogP contribution < -0.4 is 10.6 Å². The molecule has 0 aliphatic carbocycles. The van der Waals surface area contributed by atoms with Gasteiger partial charge in [0.05, 0.1) is 6.61 Å². The zero-order chi connectivity index (χ0) is 13.9. The van der Waals surface area contributed by atoms with Gasteiger partial charge in [-0.3, -0.25) is 4.79 Å². The van der Waals surface area contributed by atoms with E-state index in [1.807, 2.05) is 30.3 Å². The Morgan fingerprint density at radius 2 is 1.79 bits per heavy atom. The largest absolute Gasteiger partial charge is 0.450 e. The highest BCUT2D eigenvalue weighted by atomic mass is 16.5. The summed E-state index contributed by atoms with van der Waals surface area (Å²) < 4.78 is 4.69. The molecule has 2 N–H and O–H groups in total. The summed E-state index contributed by atoms with van der Waals surface area (Å²) in [5.74, 6) is -0.0190. The number of amides is 2. The zero-order valence-corrected chi connectivity index (χ0v) is 11.1. The van der Waals surface area contributed by atoms with Gasteiger partial charge in [-0.25, -0.2) is 4.79 Å². The van der Waals surface area contributed by atoms with Gasteiger partial charge < -0.3 is 15.4 Å². The Kier molecular flexibility index (Phi) is 7.09. The molecule has 1 aromatic rings. The van der Waals surface area contributed by atoms with Crippen molar-refractivity contribution in [3.05, 3.63) is 35.9 Å². The van der Waals surface area contributed by atoms with E-state index in [9.17, 15) is 9.59 Å². The summed E-state index contributed by atoms with van der Waals surface area (Å²) in [4.78, 5) is 22.5. The van der Waals surface area contributed by atoms with Crippen molar-refractivity contribution in [2.45, 2.75) is 19.8 Å². The van der Waals surface area contributed by atoms with Crippen molar-refractivity contribution in [2.75, 3.05) is 19.7 Å². The lowest BCUT2D eigenvalue weighted by Gasteiger charge is -2.07. The molecule has 1 aromatic carbocycles. The Balaban J connectivity index is 2.07. The molecule has 1 rings (SSSR count). The third-order valence-electron chi connectivity index (χ3n) is 2.48.